The van der Waals surface area contributed by atoms with E-state index in [2.05, 4.69) is 17.2 Å². The molecule has 1 N–H and O–H groups in total. The van der Waals surface area contributed by atoms with Crippen LogP contribution in [-0.4, -0.2) is 23.7 Å². The third kappa shape index (κ3) is 2.27. The zero-order chi connectivity index (χ0) is 9.10. The molecule has 1 saturated heterocycles. The van der Waals surface area contributed by atoms with Gasteiger partial charge in [-0.2, -0.15) is 0 Å². The lowest BCUT2D eigenvalue weighted by molar-refractivity contribution is 0.113. The molecule has 1 aromatic heterocycles. The highest BCUT2D eigenvalue weighted by atomic mass is 32.1. The number of aromatic nitrogens is 1. The summed E-state index contributed by atoms with van der Waals surface area (Å²) >= 11 is 1.69. The summed E-state index contributed by atoms with van der Waals surface area (Å²) in [6.45, 7) is 3.87. The molecule has 0 amide bonds. The molecular formula is C9H14N2OS. The van der Waals surface area contributed by atoms with E-state index < -0.39 is 0 Å². The van der Waals surface area contributed by atoms with Crippen molar-refractivity contribution in [2.45, 2.75) is 32.0 Å². The molecule has 3 nitrogen and oxygen atoms in total. The van der Waals surface area contributed by atoms with Gasteiger partial charge in [0.1, 0.15) is 5.01 Å². The summed E-state index contributed by atoms with van der Waals surface area (Å²) in [7, 11) is 0. The van der Waals surface area contributed by atoms with Crippen LogP contribution >= 0.6 is 11.3 Å². The van der Waals surface area contributed by atoms with Gasteiger partial charge in [-0.1, -0.05) is 0 Å². The first-order valence-corrected chi connectivity index (χ1v) is 5.47. The quantitative estimate of drug-likeness (QED) is 0.797. The second-order valence-electron chi connectivity index (χ2n) is 3.28. The molecule has 1 aromatic rings. The van der Waals surface area contributed by atoms with Gasteiger partial charge >= 0.3 is 0 Å². The summed E-state index contributed by atoms with van der Waals surface area (Å²) < 4.78 is 5.46. The first kappa shape index (κ1) is 9.12. The lowest BCUT2D eigenvalue weighted by atomic mass is 10.1. The third-order valence-corrected chi connectivity index (χ3v) is 3.15. The van der Waals surface area contributed by atoms with Gasteiger partial charge in [-0.3, -0.25) is 0 Å². The Morgan fingerprint density at radius 1 is 1.77 bits per heavy atom. The van der Waals surface area contributed by atoms with Crippen LogP contribution < -0.4 is 5.32 Å². The Balaban J connectivity index is 1.79. The molecule has 2 heterocycles. The van der Waals surface area contributed by atoms with E-state index >= 15 is 0 Å². The van der Waals surface area contributed by atoms with Crippen LogP contribution in [0.15, 0.2) is 11.6 Å². The van der Waals surface area contributed by atoms with Gasteiger partial charge in [0.15, 0.2) is 0 Å². The van der Waals surface area contributed by atoms with Crippen molar-refractivity contribution in [2.24, 2.45) is 0 Å². The molecule has 2 unspecified atom stereocenters. The van der Waals surface area contributed by atoms with E-state index in [1.807, 2.05) is 11.6 Å². The molecule has 2 atom stereocenters. The van der Waals surface area contributed by atoms with Gasteiger partial charge in [0.2, 0.25) is 0 Å². The maximum absolute atomic E-state index is 5.46. The summed E-state index contributed by atoms with van der Waals surface area (Å²) in [6, 6.07) is 0.504. The number of hydrogen-bond donors (Lipinski definition) is 1. The fourth-order valence-corrected chi connectivity index (χ4v) is 2.13. The van der Waals surface area contributed by atoms with E-state index in [9.17, 15) is 0 Å². The number of nitrogens with zero attached hydrogens (tertiary/aromatic N) is 1. The minimum atomic E-state index is 0.347. The molecule has 2 rings (SSSR count). The smallest absolute Gasteiger partial charge is 0.106 e. The lowest BCUT2D eigenvalue weighted by Crippen LogP contribution is -2.34. The molecule has 0 aliphatic carbocycles. The topological polar surface area (TPSA) is 34.1 Å². The SMILES string of the molecule is CC1OCCC1NCc1nccs1. The largest absolute Gasteiger partial charge is 0.377 e. The van der Waals surface area contributed by atoms with Crippen molar-refractivity contribution in [3.05, 3.63) is 16.6 Å². The Kier molecular flexibility index (Phi) is 2.93. The highest BCUT2D eigenvalue weighted by Gasteiger charge is 2.23. The van der Waals surface area contributed by atoms with Crippen LogP contribution in [0, 0.1) is 0 Å². The van der Waals surface area contributed by atoms with Gasteiger partial charge in [0.25, 0.3) is 0 Å². The van der Waals surface area contributed by atoms with E-state index in [0.29, 0.717) is 12.1 Å². The highest BCUT2D eigenvalue weighted by Crippen LogP contribution is 2.13. The fraction of sp³-hybridized carbons (Fsp3) is 0.667. The molecule has 1 aliphatic rings. The van der Waals surface area contributed by atoms with Gasteiger partial charge in [-0.15, -0.1) is 11.3 Å². The average Bonchev–Trinajstić information content (AvgIpc) is 2.72. The Hall–Kier alpha value is -0.450. The Labute approximate surface area is 82.1 Å². The standard InChI is InChI=1S/C9H14N2OS/c1-7-8(2-4-12-7)11-6-9-10-3-5-13-9/h3,5,7-8,11H,2,4,6H2,1H3. The van der Waals surface area contributed by atoms with Crippen LogP contribution in [0.3, 0.4) is 0 Å². The molecular weight excluding hydrogens is 184 g/mol. The monoisotopic (exact) mass is 198 g/mol. The van der Waals surface area contributed by atoms with Gasteiger partial charge in [-0.05, 0) is 13.3 Å². The van der Waals surface area contributed by atoms with Crippen molar-refractivity contribution in [2.75, 3.05) is 6.61 Å². The van der Waals surface area contributed by atoms with Crippen molar-refractivity contribution >= 4 is 11.3 Å². The predicted molar refractivity (Wildman–Crippen MR) is 52.8 cm³/mol. The molecule has 0 spiro atoms. The predicted octanol–water partition coefficient (Wildman–Crippen LogP) is 1.41. The number of nitrogens with one attached hydrogen (secondary N) is 1. The van der Waals surface area contributed by atoms with E-state index in [1.165, 1.54) is 0 Å². The Morgan fingerprint density at radius 3 is 3.31 bits per heavy atom. The third-order valence-electron chi connectivity index (χ3n) is 2.38. The molecule has 0 radical (unpaired) electrons. The molecule has 13 heavy (non-hydrogen) atoms. The zero-order valence-corrected chi connectivity index (χ0v) is 8.51. The fourth-order valence-electron chi connectivity index (χ4n) is 1.56. The minimum Gasteiger partial charge on any atom is -0.377 e. The molecule has 1 fully saturated rings. The average molecular weight is 198 g/mol. The molecule has 72 valence electrons. The van der Waals surface area contributed by atoms with E-state index in [4.69, 9.17) is 4.74 Å². The number of rotatable bonds is 3. The normalized spacial score (nSPS) is 28.1. The van der Waals surface area contributed by atoms with Crippen LogP contribution in [0.1, 0.15) is 18.4 Å². The van der Waals surface area contributed by atoms with Crippen molar-refractivity contribution < 1.29 is 4.74 Å². The van der Waals surface area contributed by atoms with Gasteiger partial charge in [0.05, 0.1) is 6.10 Å². The van der Waals surface area contributed by atoms with E-state index in [-0.39, 0.29) is 0 Å². The molecule has 0 bridgehead atoms. The second kappa shape index (κ2) is 4.17. The van der Waals surface area contributed by atoms with Gasteiger partial charge < -0.3 is 10.1 Å². The zero-order valence-electron chi connectivity index (χ0n) is 7.69. The Morgan fingerprint density at radius 2 is 2.69 bits per heavy atom. The Bertz CT molecular complexity index is 250. The van der Waals surface area contributed by atoms with Crippen LogP contribution in [0.4, 0.5) is 0 Å². The maximum atomic E-state index is 5.46. The molecule has 1 aliphatic heterocycles. The molecule has 4 heteroatoms. The van der Waals surface area contributed by atoms with Crippen molar-refractivity contribution in [3.8, 4) is 0 Å². The number of ether oxygens (including phenoxy) is 1. The molecule has 0 saturated carbocycles. The van der Waals surface area contributed by atoms with Gasteiger partial charge in [-0.25, -0.2) is 4.98 Å². The maximum Gasteiger partial charge on any atom is 0.106 e. The summed E-state index contributed by atoms with van der Waals surface area (Å²) in [5.41, 5.74) is 0. The first-order valence-electron chi connectivity index (χ1n) is 4.59. The minimum absolute atomic E-state index is 0.347. The van der Waals surface area contributed by atoms with Gasteiger partial charge in [0, 0.05) is 30.8 Å². The van der Waals surface area contributed by atoms with Crippen molar-refractivity contribution in [1.82, 2.24) is 10.3 Å². The van der Waals surface area contributed by atoms with E-state index in [0.717, 1.165) is 24.6 Å². The number of thiazole rings is 1. The molecule has 0 aromatic carbocycles. The van der Waals surface area contributed by atoms with Crippen molar-refractivity contribution in [1.29, 1.82) is 0 Å². The first-order chi connectivity index (χ1) is 6.36. The summed E-state index contributed by atoms with van der Waals surface area (Å²) in [5.74, 6) is 0. The second-order valence-corrected chi connectivity index (χ2v) is 4.26. The summed E-state index contributed by atoms with van der Waals surface area (Å²) in [5, 5.41) is 6.61. The summed E-state index contributed by atoms with van der Waals surface area (Å²) in [6.07, 6.45) is 3.31. The van der Waals surface area contributed by atoms with Crippen LogP contribution in [0.5, 0.6) is 0 Å². The lowest BCUT2D eigenvalue weighted by Gasteiger charge is -2.14. The van der Waals surface area contributed by atoms with Crippen LogP contribution in [-0.2, 0) is 11.3 Å². The van der Waals surface area contributed by atoms with Crippen LogP contribution in [0.25, 0.3) is 0 Å². The summed E-state index contributed by atoms with van der Waals surface area (Å²) in [4.78, 5) is 4.22. The van der Waals surface area contributed by atoms with E-state index in [1.54, 1.807) is 11.3 Å². The van der Waals surface area contributed by atoms with Crippen molar-refractivity contribution in [3.63, 3.8) is 0 Å². The van der Waals surface area contributed by atoms with Crippen LogP contribution in [0.2, 0.25) is 0 Å². The highest BCUT2D eigenvalue weighted by molar-refractivity contribution is 7.09. The number of hydrogen-bond acceptors (Lipinski definition) is 4.